The molecule has 1 aromatic rings. The van der Waals surface area contributed by atoms with E-state index in [-0.39, 0.29) is 29.3 Å². The van der Waals surface area contributed by atoms with E-state index < -0.39 is 16.6 Å². The number of Topliss-reactive ketones (excluding diaryl/α,β-unsaturated/α-hetero) is 1. The van der Waals surface area contributed by atoms with Crippen LogP contribution in [0.15, 0.2) is 24.3 Å². The zero-order valence-electron chi connectivity index (χ0n) is 22.3. The van der Waals surface area contributed by atoms with E-state index in [1.165, 1.54) is 0 Å². The first kappa shape index (κ1) is 23.9. The molecule has 9 atom stereocenters. The third-order valence-corrected chi connectivity index (χ3v) is 11.6. The SMILES string of the molecule is CC1Nc2ccccc2C2(CC3CCC4C5(C)CCC(C(C)(C)O)OC5CCC4(C)C3(C)C2=O)O1. The summed E-state index contributed by atoms with van der Waals surface area (Å²) >= 11 is 0. The molecule has 5 nitrogen and oxygen atoms in total. The Labute approximate surface area is 210 Å². The summed E-state index contributed by atoms with van der Waals surface area (Å²) in [6, 6.07) is 8.25. The number of fused-ring (bicyclic) bond motifs is 7. The van der Waals surface area contributed by atoms with Gasteiger partial charge in [-0.25, -0.2) is 0 Å². The Morgan fingerprint density at radius 3 is 2.54 bits per heavy atom. The Morgan fingerprint density at radius 2 is 1.80 bits per heavy atom. The van der Waals surface area contributed by atoms with E-state index in [0.717, 1.165) is 56.2 Å². The van der Waals surface area contributed by atoms with E-state index in [9.17, 15) is 9.90 Å². The van der Waals surface area contributed by atoms with Gasteiger partial charge in [-0.15, -0.1) is 0 Å². The van der Waals surface area contributed by atoms with Gasteiger partial charge >= 0.3 is 0 Å². The van der Waals surface area contributed by atoms with Crippen LogP contribution in [0.5, 0.6) is 0 Å². The maximum absolute atomic E-state index is 14.8. The van der Waals surface area contributed by atoms with Crippen molar-refractivity contribution >= 4 is 11.5 Å². The summed E-state index contributed by atoms with van der Waals surface area (Å²) in [6.45, 7) is 12.9. The van der Waals surface area contributed by atoms with Crippen LogP contribution in [0.25, 0.3) is 0 Å². The highest BCUT2D eigenvalue weighted by atomic mass is 16.5. The van der Waals surface area contributed by atoms with Crippen LogP contribution in [0.3, 0.4) is 0 Å². The molecule has 1 spiro atoms. The van der Waals surface area contributed by atoms with Crippen LogP contribution in [-0.4, -0.2) is 34.9 Å². The highest BCUT2D eigenvalue weighted by Gasteiger charge is 2.74. The van der Waals surface area contributed by atoms with E-state index in [2.05, 4.69) is 38.2 Å². The van der Waals surface area contributed by atoms with Gasteiger partial charge < -0.3 is 19.9 Å². The van der Waals surface area contributed by atoms with E-state index in [0.29, 0.717) is 17.6 Å². The molecule has 4 fully saturated rings. The van der Waals surface area contributed by atoms with Crippen LogP contribution in [-0.2, 0) is 19.9 Å². The minimum Gasteiger partial charge on any atom is -0.388 e. The Kier molecular flexibility index (Phi) is 5.01. The highest BCUT2D eigenvalue weighted by Crippen LogP contribution is 2.73. The third-order valence-electron chi connectivity index (χ3n) is 11.6. The molecular formula is C30H43NO4. The van der Waals surface area contributed by atoms with E-state index >= 15 is 0 Å². The average molecular weight is 482 g/mol. The quantitative estimate of drug-likeness (QED) is 0.531. The van der Waals surface area contributed by atoms with Crippen molar-refractivity contribution < 1.29 is 19.4 Å². The fourth-order valence-electron chi connectivity index (χ4n) is 9.59. The Morgan fingerprint density at radius 1 is 1.06 bits per heavy atom. The van der Waals surface area contributed by atoms with Gasteiger partial charge in [0.05, 0.1) is 17.8 Å². The standard InChI is InChI=1S/C30H43NO4/c1-18-31-21-10-8-7-9-20(21)30(35-18)17-19-11-12-22-27(4)15-13-23(26(2,3)33)34-24(27)14-16-28(22,5)29(19,6)25(30)32/h7-10,18-19,22-24,31,33H,11-17H2,1-6H3. The van der Waals surface area contributed by atoms with E-state index in [1.807, 2.05) is 32.9 Å². The number of para-hydroxylation sites is 1. The summed E-state index contributed by atoms with van der Waals surface area (Å²) in [6.07, 6.45) is 6.68. The number of carbonyl (C=O) groups is 1. The molecule has 6 rings (SSSR count). The summed E-state index contributed by atoms with van der Waals surface area (Å²) in [5.74, 6) is 1.05. The van der Waals surface area contributed by atoms with Crippen molar-refractivity contribution in [2.75, 3.05) is 5.32 Å². The molecule has 2 heterocycles. The van der Waals surface area contributed by atoms with Crippen LogP contribution >= 0.6 is 0 Å². The van der Waals surface area contributed by atoms with Gasteiger partial charge in [0.15, 0.2) is 11.4 Å². The summed E-state index contributed by atoms with van der Waals surface area (Å²) in [5, 5.41) is 14.1. The van der Waals surface area contributed by atoms with E-state index in [4.69, 9.17) is 9.47 Å². The van der Waals surface area contributed by atoms with Crippen molar-refractivity contribution in [3.05, 3.63) is 29.8 Å². The number of carbonyl (C=O) groups excluding carboxylic acids is 1. The lowest BCUT2D eigenvalue weighted by Gasteiger charge is -2.66. The van der Waals surface area contributed by atoms with Crippen molar-refractivity contribution in [1.29, 1.82) is 0 Å². The maximum atomic E-state index is 14.8. The fraction of sp³-hybridized carbons (Fsp3) is 0.767. The van der Waals surface area contributed by atoms with Crippen LogP contribution < -0.4 is 5.32 Å². The minimum absolute atomic E-state index is 0.0267. The van der Waals surface area contributed by atoms with E-state index in [1.54, 1.807) is 0 Å². The predicted molar refractivity (Wildman–Crippen MR) is 136 cm³/mol. The molecule has 192 valence electrons. The molecule has 2 aliphatic heterocycles. The van der Waals surface area contributed by atoms with Gasteiger partial charge in [-0.1, -0.05) is 39.0 Å². The monoisotopic (exact) mass is 481 g/mol. The number of nitrogens with one attached hydrogen (secondary N) is 1. The van der Waals surface area contributed by atoms with Crippen LogP contribution in [0.4, 0.5) is 5.69 Å². The number of ether oxygens (including phenoxy) is 2. The fourth-order valence-corrected chi connectivity index (χ4v) is 9.59. The summed E-state index contributed by atoms with van der Waals surface area (Å²) in [5.41, 5.74) is -0.119. The van der Waals surface area contributed by atoms with Gasteiger partial charge in [-0.05, 0) is 94.4 Å². The predicted octanol–water partition coefficient (Wildman–Crippen LogP) is 5.80. The minimum atomic E-state index is -0.856. The summed E-state index contributed by atoms with van der Waals surface area (Å²) in [4.78, 5) is 14.8. The molecule has 9 unspecified atom stereocenters. The second-order valence-electron chi connectivity index (χ2n) is 13.6. The molecule has 1 saturated heterocycles. The largest absolute Gasteiger partial charge is 0.388 e. The molecule has 0 amide bonds. The lowest BCUT2D eigenvalue weighted by molar-refractivity contribution is -0.252. The smallest absolute Gasteiger partial charge is 0.176 e. The normalized spacial score (nSPS) is 49.0. The van der Waals surface area contributed by atoms with Crippen LogP contribution in [0.1, 0.15) is 92.1 Å². The molecule has 3 saturated carbocycles. The van der Waals surface area contributed by atoms with Gasteiger partial charge in [-0.2, -0.15) is 0 Å². The van der Waals surface area contributed by atoms with Crippen LogP contribution in [0, 0.1) is 28.1 Å². The molecule has 2 N–H and O–H groups in total. The zero-order chi connectivity index (χ0) is 25.0. The molecule has 1 aromatic carbocycles. The average Bonchev–Trinajstić information content (AvgIpc) is 3.01. The lowest BCUT2D eigenvalue weighted by Crippen LogP contribution is -2.65. The van der Waals surface area contributed by atoms with Crippen molar-refractivity contribution in [2.45, 2.75) is 116 Å². The second kappa shape index (κ2) is 7.33. The highest BCUT2D eigenvalue weighted by molar-refractivity contribution is 5.98. The number of rotatable bonds is 1. The first-order chi connectivity index (χ1) is 16.4. The number of hydrogen-bond donors (Lipinski definition) is 2. The molecule has 35 heavy (non-hydrogen) atoms. The number of aliphatic hydroxyl groups is 1. The molecule has 5 heteroatoms. The van der Waals surface area contributed by atoms with Gasteiger partial charge in [0, 0.05) is 16.7 Å². The molecular weight excluding hydrogens is 438 g/mol. The lowest BCUT2D eigenvalue weighted by atomic mass is 9.40. The second-order valence-corrected chi connectivity index (χ2v) is 13.6. The first-order valence-corrected chi connectivity index (χ1v) is 13.8. The number of ketones is 1. The Balaban J connectivity index is 1.39. The zero-order valence-corrected chi connectivity index (χ0v) is 22.3. The van der Waals surface area contributed by atoms with Gasteiger partial charge in [-0.3, -0.25) is 4.79 Å². The summed E-state index contributed by atoms with van der Waals surface area (Å²) < 4.78 is 13.3. The van der Waals surface area contributed by atoms with Crippen LogP contribution in [0.2, 0.25) is 0 Å². The van der Waals surface area contributed by atoms with Gasteiger partial charge in [0.1, 0.15) is 6.23 Å². The van der Waals surface area contributed by atoms with Crippen molar-refractivity contribution in [3.63, 3.8) is 0 Å². The molecule has 0 radical (unpaired) electrons. The Hall–Kier alpha value is -1.43. The molecule has 0 aromatic heterocycles. The number of anilines is 1. The Bertz CT molecular complexity index is 1050. The van der Waals surface area contributed by atoms with Crippen molar-refractivity contribution in [3.8, 4) is 0 Å². The molecule has 5 aliphatic rings. The molecule has 0 bridgehead atoms. The topological polar surface area (TPSA) is 67.8 Å². The number of hydrogen-bond acceptors (Lipinski definition) is 5. The van der Waals surface area contributed by atoms with Gasteiger partial charge in [0.25, 0.3) is 0 Å². The van der Waals surface area contributed by atoms with Crippen molar-refractivity contribution in [2.24, 2.45) is 28.1 Å². The third kappa shape index (κ3) is 2.95. The first-order valence-electron chi connectivity index (χ1n) is 13.8. The molecule has 3 aliphatic carbocycles. The van der Waals surface area contributed by atoms with Crippen molar-refractivity contribution in [1.82, 2.24) is 0 Å². The van der Waals surface area contributed by atoms with Gasteiger partial charge in [0.2, 0.25) is 0 Å². The maximum Gasteiger partial charge on any atom is 0.176 e. The summed E-state index contributed by atoms with van der Waals surface area (Å²) in [7, 11) is 0. The number of benzene rings is 1.